The Bertz CT molecular complexity index is 347. The van der Waals surface area contributed by atoms with Crippen molar-refractivity contribution in [2.75, 3.05) is 26.2 Å². The normalized spacial score (nSPS) is 32.1. The highest BCUT2D eigenvalue weighted by atomic mass is 16.3. The lowest BCUT2D eigenvalue weighted by molar-refractivity contribution is 0.129. The van der Waals surface area contributed by atoms with Gasteiger partial charge in [0.2, 0.25) is 0 Å². The van der Waals surface area contributed by atoms with Gasteiger partial charge in [-0.25, -0.2) is 0 Å². The molecule has 17 heavy (non-hydrogen) atoms. The fraction of sp³-hybridized carbons (Fsp3) is 0.750. The van der Waals surface area contributed by atoms with Gasteiger partial charge in [0.1, 0.15) is 0 Å². The fourth-order valence-corrected chi connectivity index (χ4v) is 3.01. The van der Waals surface area contributed by atoms with E-state index in [9.17, 15) is 5.11 Å². The van der Waals surface area contributed by atoms with E-state index in [0.717, 1.165) is 26.2 Å². The predicted octanol–water partition coefficient (Wildman–Crippen LogP) is -0.147. The van der Waals surface area contributed by atoms with Crippen molar-refractivity contribution in [2.24, 2.45) is 0 Å². The molecule has 0 saturated carbocycles. The van der Waals surface area contributed by atoms with E-state index in [-0.39, 0.29) is 12.1 Å². The molecule has 3 heterocycles. The van der Waals surface area contributed by atoms with Crippen molar-refractivity contribution in [1.29, 1.82) is 0 Å². The summed E-state index contributed by atoms with van der Waals surface area (Å²) in [4.78, 5) is 2.43. The largest absolute Gasteiger partial charge is 0.390 e. The van der Waals surface area contributed by atoms with Gasteiger partial charge in [-0.1, -0.05) is 0 Å². The molecule has 0 amide bonds. The lowest BCUT2D eigenvalue weighted by Gasteiger charge is -2.31. The van der Waals surface area contributed by atoms with E-state index in [1.807, 2.05) is 16.9 Å². The first-order chi connectivity index (χ1) is 8.34. The van der Waals surface area contributed by atoms with Gasteiger partial charge < -0.3 is 10.4 Å². The highest BCUT2D eigenvalue weighted by molar-refractivity contribution is 4.94. The molecular weight excluding hydrogens is 216 g/mol. The van der Waals surface area contributed by atoms with Crippen LogP contribution in [0.5, 0.6) is 0 Å². The predicted molar refractivity (Wildman–Crippen MR) is 64.7 cm³/mol. The van der Waals surface area contributed by atoms with Crippen molar-refractivity contribution in [3.63, 3.8) is 0 Å². The maximum Gasteiger partial charge on any atom is 0.0917 e. The number of hydrogen-bond acceptors (Lipinski definition) is 4. The van der Waals surface area contributed by atoms with Crippen molar-refractivity contribution in [3.05, 3.63) is 18.5 Å². The minimum atomic E-state index is -0.287. The molecule has 1 aromatic heterocycles. The van der Waals surface area contributed by atoms with Crippen LogP contribution in [-0.4, -0.2) is 58.1 Å². The topological polar surface area (TPSA) is 53.3 Å². The zero-order valence-electron chi connectivity index (χ0n) is 10.00. The zero-order chi connectivity index (χ0) is 11.7. The lowest BCUT2D eigenvalue weighted by Crippen LogP contribution is -2.42. The van der Waals surface area contributed by atoms with Gasteiger partial charge in [-0.3, -0.25) is 9.58 Å². The summed E-state index contributed by atoms with van der Waals surface area (Å²) in [7, 11) is 0. The smallest absolute Gasteiger partial charge is 0.0917 e. The van der Waals surface area contributed by atoms with E-state index in [4.69, 9.17) is 0 Å². The number of β-amino-alcohol motifs (C(OH)–C–C–N with tert-alkyl or cyclic N) is 1. The first-order valence-corrected chi connectivity index (χ1v) is 6.46. The Hall–Kier alpha value is -0.910. The molecule has 2 fully saturated rings. The summed E-state index contributed by atoms with van der Waals surface area (Å²) >= 11 is 0. The van der Waals surface area contributed by atoms with Crippen molar-refractivity contribution in [2.45, 2.75) is 31.0 Å². The molecular formula is C12H20N4O. The minimum absolute atomic E-state index is 0.125. The van der Waals surface area contributed by atoms with Gasteiger partial charge >= 0.3 is 0 Å². The second kappa shape index (κ2) is 4.76. The average Bonchev–Trinajstić information content (AvgIpc) is 2.99. The van der Waals surface area contributed by atoms with Crippen molar-refractivity contribution < 1.29 is 5.11 Å². The van der Waals surface area contributed by atoms with E-state index in [0.29, 0.717) is 6.04 Å². The lowest BCUT2D eigenvalue weighted by atomic mass is 10.1. The van der Waals surface area contributed by atoms with Crippen LogP contribution in [0, 0.1) is 0 Å². The summed E-state index contributed by atoms with van der Waals surface area (Å²) in [5, 5.41) is 17.8. The zero-order valence-corrected chi connectivity index (χ0v) is 10.00. The summed E-state index contributed by atoms with van der Waals surface area (Å²) < 4.78 is 1.89. The Morgan fingerprint density at radius 1 is 1.24 bits per heavy atom. The molecule has 2 saturated heterocycles. The van der Waals surface area contributed by atoms with Gasteiger partial charge in [0.15, 0.2) is 0 Å². The van der Waals surface area contributed by atoms with Crippen molar-refractivity contribution in [3.8, 4) is 0 Å². The third-order valence-electron chi connectivity index (χ3n) is 3.98. The number of aliphatic hydroxyl groups is 1. The van der Waals surface area contributed by atoms with E-state index < -0.39 is 0 Å². The third-order valence-corrected chi connectivity index (χ3v) is 3.98. The van der Waals surface area contributed by atoms with Gasteiger partial charge in [0.25, 0.3) is 0 Å². The molecule has 94 valence electrons. The summed E-state index contributed by atoms with van der Waals surface area (Å²) in [6.45, 7) is 3.91. The number of aliphatic hydroxyl groups excluding tert-OH is 1. The standard InChI is InChI=1S/C12H20N4O/c17-12-9-15(10-2-5-13-6-3-10)8-11(12)16-7-1-4-14-16/h1,4,7,10-13,17H,2-3,5-6,8-9H2. The van der Waals surface area contributed by atoms with E-state index >= 15 is 0 Å². The summed E-state index contributed by atoms with van der Waals surface area (Å²) in [6, 6.07) is 2.67. The number of likely N-dealkylation sites (tertiary alicyclic amines) is 1. The molecule has 3 rings (SSSR count). The quantitative estimate of drug-likeness (QED) is 0.750. The van der Waals surface area contributed by atoms with Crippen LogP contribution < -0.4 is 5.32 Å². The van der Waals surface area contributed by atoms with Crippen molar-refractivity contribution in [1.82, 2.24) is 20.0 Å². The fourth-order valence-electron chi connectivity index (χ4n) is 3.01. The van der Waals surface area contributed by atoms with Crippen LogP contribution in [0.4, 0.5) is 0 Å². The van der Waals surface area contributed by atoms with Crippen LogP contribution in [0.3, 0.4) is 0 Å². The van der Waals surface area contributed by atoms with Gasteiger partial charge in [0, 0.05) is 31.5 Å². The molecule has 0 radical (unpaired) electrons. The number of piperidine rings is 1. The molecule has 2 atom stereocenters. The molecule has 0 aliphatic carbocycles. The van der Waals surface area contributed by atoms with Crippen LogP contribution in [0.15, 0.2) is 18.5 Å². The highest BCUT2D eigenvalue weighted by Crippen LogP contribution is 2.25. The molecule has 0 bridgehead atoms. The average molecular weight is 236 g/mol. The molecule has 0 spiro atoms. The summed E-state index contributed by atoms with van der Waals surface area (Å²) in [6.07, 6.45) is 5.82. The highest BCUT2D eigenvalue weighted by Gasteiger charge is 2.36. The Kier molecular flexibility index (Phi) is 3.13. The van der Waals surface area contributed by atoms with Crippen molar-refractivity contribution >= 4 is 0 Å². The Balaban J connectivity index is 1.66. The Labute approximate surface area is 101 Å². The number of hydrogen-bond donors (Lipinski definition) is 2. The molecule has 2 unspecified atom stereocenters. The molecule has 1 aromatic rings. The van der Waals surface area contributed by atoms with E-state index in [1.54, 1.807) is 6.20 Å². The van der Waals surface area contributed by atoms with Gasteiger partial charge in [-0.15, -0.1) is 0 Å². The van der Waals surface area contributed by atoms with Gasteiger partial charge in [-0.2, -0.15) is 5.10 Å². The number of rotatable bonds is 2. The number of nitrogens with one attached hydrogen (secondary N) is 1. The molecule has 2 aliphatic rings. The molecule has 2 N–H and O–H groups in total. The van der Waals surface area contributed by atoms with Crippen LogP contribution in [0.2, 0.25) is 0 Å². The second-order valence-electron chi connectivity index (χ2n) is 5.06. The monoisotopic (exact) mass is 236 g/mol. The second-order valence-corrected chi connectivity index (χ2v) is 5.06. The first-order valence-electron chi connectivity index (χ1n) is 6.46. The number of aromatic nitrogens is 2. The molecule has 5 heteroatoms. The SMILES string of the molecule is OC1CN(C2CCNCC2)CC1n1cccn1. The van der Waals surface area contributed by atoms with E-state index in [2.05, 4.69) is 15.3 Å². The van der Waals surface area contributed by atoms with Crippen LogP contribution in [0.25, 0.3) is 0 Å². The molecule has 5 nitrogen and oxygen atoms in total. The maximum absolute atomic E-state index is 10.1. The summed E-state index contributed by atoms with van der Waals surface area (Å²) in [5.41, 5.74) is 0. The number of nitrogens with zero attached hydrogens (tertiary/aromatic N) is 3. The first kappa shape index (κ1) is 11.2. The molecule has 0 aromatic carbocycles. The Morgan fingerprint density at radius 2 is 2.06 bits per heavy atom. The minimum Gasteiger partial charge on any atom is -0.390 e. The van der Waals surface area contributed by atoms with Crippen LogP contribution in [-0.2, 0) is 0 Å². The third kappa shape index (κ3) is 2.22. The Morgan fingerprint density at radius 3 is 2.76 bits per heavy atom. The van der Waals surface area contributed by atoms with Crippen LogP contribution in [0.1, 0.15) is 18.9 Å². The van der Waals surface area contributed by atoms with E-state index in [1.165, 1.54) is 12.8 Å². The molecule has 2 aliphatic heterocycles. The van der Waals surface area contributed by atoms with Gasteiger partial charge in [0.05, 0.1) is 12.1 Å². The van der Waals surface area contributed by atoms with Crippen LogP contribution >= 0.6 is 0 Å². The summed E-state index contributed by atoms with van der Waals surface area (Å²) in [5.74, 6) is 0. The maximum atomic E-state index is 10.1. The van der Waals surface area contributed by atoms with Gasteiger partial charge in [-0.05, 0) is 32.0 Å².